The first-order valence-electron chi connectivity index (χ1n) is 11.9. The summed E-state index contributed by atoms with van der Waals surface area (Å²) in [5.74, 6) is 1.09. The molecule has 4 heteroatoms. The van der Waals surface area contributed by atoms with Crippen LogP contribution in [0.25, 0.3) is 22.2 Å². The Kier molecular flexibility index (Phi) is 4.68. The molecule has 1 N–H and O–H groups in total. The highest BCUT2D eigenvalue weighted by atomic mass is 16.3. The van der Waals surface area contributed by atoms with Crippen molar-refractivity contribution < 1.29 is 5.11 Å². The molecule has 4 nitrogen and oxygen atoms in total. The molecule has 5 aromatic rings. The molecule has 6 rings (SSSR count). The molecule has 0 radical (unpaired) electrons. The first kappa shape index (κ1) is 21.4. The van der Waals surface area contributed by atoms with Gasteiger partial charge in [0.2, 0.25) is 0 Å². The summed E-state index contributed by atoms with van der Waals surface area (Å²) in [5, 5.41) is 11.4. The number of hydrogen-bond donors (Lipinski definition) is 1. The Morgan fingerprint density at radius 1 is 0.800 bits per heavy atom. The van der Waals surface area contributed by atoms with E-state index in [1.54, 1.807) is 6.07 Å². The zero-order valence-electron chi connectivity index (χ0n) is 20.4. The Morgan fingerprint density at radius 2 is 1.60 bits per heavy atom. The lowest BCUT2D eigenvalue weighted by atomic mass is 9.73. The summed E-state index contributed by atoms with van der Waals surface area (Å²) in [5.41, 5.74) is 9.29. The van der Waals surface area contributed by atoms with E-state index in [4.69, 9.17) is 9.97 Å². The molecule has 35 heavy (non-hydrogen) atoms. The molecular formula is C31H27N3O. The number of pyridine rings is 2. The second-order valence-electron chi connectivity index (χ2n) is 9.90. The number of phenolic OH excluding ortho intramolecular Hbond substituents is 1. The van der Waals surface area contributed by atoms with E-state index < -0.39 is 0 Å². The average Bonchev–Trinajstić information content (AvgIpc) is 2.86. The fourth-order valence-electron chi connectivity index (χ4n) is 5.27. The number of phenols is 1. The number of aryl methyl sites for hydroxylation is 2. The molecule has 0 aliphatic carbocycles. The molecule has 0 unspecified atom stereocenters. The molecule has 172 valence electrons. The molecular weight excluding hydrogens is 430 g/mol. The van der Waals surface area contributed by atoms with Crippen LogP contribution in [0, 0.1) is 13.8 Å². The van der Waals surface area contributed by atoms with Crippen LogP contribution < -0.4 is 4.90 Å². The van der Waals surface area contributed by atoms with Crippen LogP contribution in [0.5, 0.6) is 5.75 Å². The van der Waals surface area contributed by atoms with Crippen molar-refractivity contribution >= 4 is 28.1 Å². The van der Waals surface area contributed by atoms with Gasteiger partial charge in [0, 0.05) is 22.6 Å². The van der Waals surface area contributed by atoms with E-state index in [1.165, 1.54) is 11.1 Å². The van der Waals surface area contributed by atoms with E-state index in [9.17, 15) is 5.11 Å². The standard InChI is InChI=1S/C31H27N3O/c1-19-15-16-32-29(17-19)34-26-8-6-5-7-23(26)31(3,4)24-12-10-21(18-27(24)34)25-13-11-22-20(2)9-14-28(35)30(22)33-25/h5-18,35H,1-4H3. The lowest BCUT2D eigenvalue weighted by molar-refractivity contribution is 0.480. The van der Waals surface area contributed by atoms with Gasteiger partial charge in [0.05, 0.1) is 17.1 Å². The summed E-state index contributed by atoms with van der Waals surface area (Å²) in [6.45, 7) is 8.69. The molecule has 0 bridgehead atoms. The van der Waals surface area contributed by atoms with Crippen molar-refractivity contribution in [2.45, 2.75) is 33.1 Å². The number of benzene rings is 3. The van der Waals surface area contributed by atoms with Gasteiger partial charge in [0.15, 0.2) is 0 Å². The minimum Gasteiger partial charge on any atom is -0.506 e. The number of fused-ring (bicyclic) bond motifs is 3. The van der Waals surface area contributed by atoms with E-state index in [-0.39, 0.29) is 11.2 Å². The number of anilines is 3. The van der Waals surface area contributed by atoms with Crippen LogP contribution in [0.2, 0.25) is 0 Å². The topological polar surface area (TPSA) is 49.2 Å². The molecule has 3 aromatic carbocycles. The molecule has 2 aromatic heterocycles. The van der Waals surface area contributed by atoms with Gasteiger partial charge in [-0.3, -0.25) is 4.90 Å². The highest BCUT2D eigenvalue weighted by molar-refractivity contribution is 5.91. The lowest BCUT2D eigenvalue weighted by Crippen LogP contribution is -2.31. The normalized spacial score (nSPS) is 14.0. The Hall–Kier alpha value is -4.18. The first-order valence-corrected chi connectivity index (χ1v) is 11.9. The molecule has 0 fully saturated rings. The van der Waals surface area contributed by atoms with Crippen LogP contribution in [0.4, 0.5) is 17.2 Å². The van der Waals surface area contributed by atoms with Crippen molar-refractivity contribution in [2.24, 2.45) is 0 Å². The fraction of sp³-hybridized carbons (Fsp3) is 0.161. The van der Waals surface area contributed by atoms with Crippen molar-refractivity contribution in [3.8, 4) is 17.0 Å². The number of hydrogen-bond acceptors (Lipinski definition) is 4. The number of aromatic nitrogens is 2. The summed E-state index contributed by atoms with van der Waals surface area (Å²) >= 11 is 0. The quantitative estimate of drug-likeness (QED) is 0.295. The van der Waals surface area contributed by atoms with E-state index in [0.717, 1.165) is 45.0 Å². The van der Waals surface area contributed by atoms with Crippen molar-refractivity contribution in [1.29, 1.82) is 0 Å². The smallest absolute Gasteiger partial charge is 0.141 e. The summed E-state index contributed by atoms with van der Waals surface area (Å²) in [6.07, 6.45) is 1.87. The van der Waals surface area contributed by atoms with Gasteiger partial charge in [0.1, 0.15) is 17.1 Å². The third-order valence-electron chi connectivity index (χ3n) is 7.21. The van der Waals surface area contributed by atoms with Crippen molar-refractivity contribution in [2.75, 3.05) is 4.90 Å². The fourth-order valence-corrected chi connectivity index (χ4v) is 5.27. The van der Waals surface area contributed by atoms with Gasteiger partial charge < -0.3 is 5.11 Å². The number of aromatic hydroxyl groups is 1. The first-order chi connectivity index (χ1) is 16.8. The van der Waals surface area contributed by atoms with Gasteiger partial charge in [-0.2, -0.15) is 0 Å². The predicted molar refractivity (Wildman–Crippen MR) is 143 cm³/mol. The van der Waals surface area contributed by atoms with Crippen LogP contribution in [0.1, 0.15) is 36.1 Å². The molecule has 3 heterocycles. The maximum Gasteiger partial charge on any atom is 0.141 e. The summed E-state index contributed by atoms with van der Waals surface area (Å²) in [6, 6.07) is 27.0. The molecule has 0 atom stereocenters. The van der Waals surface area contributed by atoms with Crippen molar-refractivity contribution in [3.63, 3.8) is 0 Å². The lowest BCUT2D eigenvalue weighted by Gasteiger charge is -2.41. The Bertz CT molecular complexity index is 1620. The Labute approximate surface area is 205 Å². The van der Waals surface area contributed by atoms with E-state index in [1.807, 2.05) is 37.4 Å². The number of rotatable bonds is 2. The van der Waals surface area contributed by atoms with Crippen molar-refractivity contribution in [1.82, 2.24) is 9.97 Å². The van der Waals surface area contributed by atoms with E-state index in [2.05, 4.69) is 74.2 Å². The van der Waals surface area contributed by atoms with Crippen LogP contribution in [0.3, 0.4) is 0 Å². The SMILES string of the molecule is Cc1ccnc(N2c3ccccc3C(C)(C)c3ccc(-c4ccc5c(C)ccc(O)c5n4)cc32)c1. The minimum atomic E-state index is -0.170. The molecule has 0 saturated heterocycles. The molecule has 1 aliphatic rings. The van der Waals surface area contributed by atoms with Crippen molar-refractivity contribution in [3.05, 3.63) is 107 Å². The highest BCUT2D eigenvalue weighted by Crippen LogP contribution is 2.52. The third-order valence-corrected chi connectivity index (χ3v) is 7.21. The maximum atomic E-state index is 10.5. The minimum absolute atomic E-state index is 0.170. The Balaban J connectivity index is 1.60. The third kappa shape index (κ3) is 3.28. The number of nitrogens with zero attached hydrogens (tertiary/aromatic N) is 3. The molecule has 0 saturated carbocycles. The molecule has 0 spiro atoms. The van der Waals surface area contributed by atoms with Crippen LogP contribution in [-0.4, -0.2) is 15.1 Å². The van der Waals surface area contributed by atoms with Crippen LogP contribution in [0.15, 0.2) is 85.1 Å². The van der Waals surface area contributed by atoms with Crippen LogP contribution >= 0.6 is 0 Å². The second kappa shape index (κ2) is 7.67. The Morgan fingerprint density at radius 3 is 2.43 bits per heavy atom. The second-order valence-corrected chi connectivity index (χ2v) is 9.90. The predicted octanol–water partition coefficient (Wildman–Crippen LogP) is 7.73. The average molecular weight is 458 g/mol. The van der Waals surface area contributed by atoms with Gasteiger partial charge in [0.25, 0.3) is 0 Å². The summed E-state index contributed by atoms with van der Waals surface area (Å²) < 4.78 is 0. The van der Waals surface area contributed by atoms with Gasteiger partial charge in [-0.25, -0.2) is 9.97 Å². The summed E-state index contributed by atoms with van der Waals surface area (Å²) in [7, 11) is 0. The van der Waals surface area contributed by atoms with E-state index in [0.29, 0.717) is 5.52 Å². The van der Waals surface area contributed by atoms with Gasteiger partial charge in [-0.05, 0) is 72.5 Å². The monoisotopic (exact) mass is 457 g/mol. The zero-order valence-corrected chi connectivity index (χ0v) is 20.4. The number of para-hydroxylation sites is 1. The maximum absolute atomic E-state index is 10.5. The largest absolute Gasteiger partial charge is 0.506 e. The van der Waals surface area contributed by atoms with Gasteiger partial charge in [-0.1, -0.05) is 56.3 Å². The summed E-state index contributed by atoms with van der Waals surface area (Å²) in [4.78, 5) is 11.9. The molecule has 1 aliphatic heterocycles. The highest BCUT2D eigenvalue weighted by Gasteiger charge is 2.37. The zero-order chi connectivity index (χ0) is 24.3. The van der Waals surface area contributed by atoms with Crippen LogP contribution in [-0.2, 0) is 5.41 Å². The molecule has 0 amide bonds. The van der Waals surface area contributed by atoms with Gasteiger partial charge in [-0.15, -0.1) is 0 Å². The van der Waals surface area contributed by atoms with E-state index >= 15 is 0 Å². The van der Waals surface area contributed by atoms with Gasteiger partial charge >= 0.3 is 0 Å².